The number of nitrogens with zero attached hydrogens (tertiary/aromatic N) is 3. The van der Waals surface area contributed by atoms with E-state index >= 15 is 0 Å². The molecule has 1 fully saturated rings. The van der Waals surface area contributed by atoms with Gasteiger partial charge in [0, 0.05) is 28.6 Å². The van der Waals surface area contributed by atoms with Crippen LogP contribution in [0.15, 0.2) is 48.7 Å². The Morgan fingerprint density at radius 3 is 2.57 bits per heavy atom. The molecule has 0 bridgehead atoms. The normalized spacial score (nSPS) is 18.9. The first-order chi connectivity index (χ1) is 14.3. The molecule has 156 valence electrons. The van der Waals surface area contributed by atoms with Gasteiger partial charge in [-0.25, -0.2) is 0 Å². The van der Waals surface area contributed by atoms with Crippen molar-refractivity contribution in [2.24, 2.45) is 0 Å². The molecule has 5 nitrogen and oxygen atoms in total. The van der Waals surface area contributed by atoms with Crippen LogP contribution in [0.1, 0.15) is 54.6 Å². The van der Waals surface area contributed by atoms with Crippen LogP contribution in [0.2, 0.25) is 5.02 Å². The number of aromatic nitrogens is 2. The highest BCUT2D eigenvalue weighted by Crippen LogP contribution is 2.46. The molecular formula is C23H25ClN4OS. The van der Waals surface area contributed by atoms with Gasteiger partial charge in [-0.1, -0.05) is 17.7 Å². The molecular weight excluding hydrogens is 416 g/mol. The lowest BCUT2D eigenvalue weighted by molar-refractivity contribution is 0.472. The Kier molecular flexibility index (Phi) is 5.47. The van der Waals surface area contributed by atoms with Crippen LogP contribution in [0.4, 0.5) is 5.69 Å². The molecule has 1 saturated heterocycles. The van der Waals surface area contributed by atoms with Crippen molar-refractivity contribution in [2.45, 2.75) is 45.8 Å². The van der Waals surface area contributed by atoms with Gasteiger partial charge in [0.1, 0.15) is 5.75 Å². The average molecular weight is 441 g/mol. The Hall–Kier alpha value is -2.57. The summed E-state index contributed by atoms with van der Waals surface area (Å²) in [5.41, 5.74) is 4.97. The Morgan fingerprint density at radius 2 is 1.93 bits per heavy atom. The van der Waals surface area contributed by atoms with E-state index in [1.54, 1.807) is 24.4 Å². The number of benzene rings is 1. The minimum Gasteiger partial charge on any atom is -0.506 e. The van der Waals surface area contributed by atoms with Gasteiger partial charge in [0.15, 0.2) is 5.11 Å². The zero-order valence-corrected chi connectivity index (χ0v) is 19.0. The van der Waals surface area contributed by atoms with E-state index in [9.17, 15) is 5.11 Å². The lowest BCUT2D eigenvalue weighted by atomic mass is 9.96. The Balaban J connectivity index is 1.93. The number of phenols is 1. The molecule has 2 unspecified atom stereocenters. The second-order valence-corrected chi connectivity index (χ2v) is 8.74. The topological polar surface area (TPSA) is 53.3 Å². The van der Waals surface area contributed by atoms with Crippen LogP contribution >= 0.6 is 23.8 Å². The molecule has 30 heavy (non-hydrogen) atoms. The van der Waals surface area contributed by atoms with Gasteiger partial charge in [-0.05, 0) is 81.9 Å². The van der Waals surface area contributed by atoms with Crippen molar-refractivity contribution in [2.75, 3.05) is 4.90 Å². The minimum atomic E-state index is -0.185. The summed E-state index contributed by atoms with van der Waals surface area (Å²) in [6, 6.07) is 13.1. The van der Waals surface area contributed by atoms with Gasteiger partial charge in [0.2, 0.25) is 0 Å². The highest BCUT2D eigenvalue weighted by atomic mass is 35.5. The zero-order valence-electron chi connectivity index (χ0n) is 17.4. The van der Waals surface area contributed by atoms with Crippen LogP contribution in [0, 0.1) is 13.8 Å². The summed E-state index contributed by atoms with van der Waals surface area (Å²) in [6.45, 7) is 8.61. The fourth-order valence-electron chi connectivity index (χ4n) is 4.52. The molecule has 2 N–H and O–H groups in total. The van der Waals surface area contributed by atoms with Crippen LogP contribution in [-0.4, -0.2) is 19.8 Å². The quantitative estimate of drug-likeness (QED) is 0.516. The summed E-state index contributed by atoms with van der Waals surface area (Å²) in [5, 5.41) is 15.1. The minimum absolute atomic E-state index is 0.132. The molecule has 2 aromatic heterocycles. The predicted molar refractivity (Wildman–Crippen MR) is 125 cm³/mol. The van der Waals surface area contributed by atoms with Crippen molar-refractivity contribution in [1.82, 2.24) is 14.9 Å². The van der Waals surface area contributed by atoms with Crippen molar-refractivity contribution in [3.8, 4) is 5.75 Å². The van der Waals surface area contributed by atoms with Gasteiger partial charge in [-0.15, -0.1) is 0 Å². The largest absolute Gasteiger partial charge is 0.506 e. The molecule has 3 aromatic rings. The Bertz CT molecular complexity index is 1100. The molecule has 7 heteroatoms. The SMILES string of the molecule is Cc1cc(C2C(c3ccccn3)NC(=S)N2c2cc(Cl)ccc2O)c(C)n1C(C)C. The number of nitrogens with one attached hydrogen (secondary N) is 1. The molecule has 4 rings (SSSR count). The van der Waals surface area contributed by atoms with E-state index in [0.29, 0.717) is 21.9 Å². The van der Waals surface area contributed by atoms with Crippen molar-refractivity contribution >= 4 is 34.6 Å². The summed E-state index contributed by atoms with van der Waals surface area (Å²) in [4.78, 5) is 6.55. The van der Waals surface area contributed by atoms with Gasteiger partial charge >= 0.3 is 0 Å². The third-order valence-electron chi connectivity index (χ3n) is 5.65. The molecule has 2 atom stereocenters. The summed E-state index contributed by atoms with van der Waals surface area (Å²) in [5.74, 6) is 0.132. The van der Waals surface area contributed by atoms with Crippen molar-refractivity contribution in [3.05, 3.63) is 76.3 Å². The summed E-state index contributed by atoms with van der Waals surface area (Å²) in [6.07, 6.45) is 1.79. The molecule has 1 aromatic carbocycles. The molecule has 1 aliphatic rings. The number of aryl methyl sites for hydroxylation is 1. The zero-order chi connectivity index (χ0) is 21.6. The third-order valence-corrected chi connectivity index (χ3v) is 6.20. The second kappa shape index (κ2) is 7.93. The number of halogens is 1. The first-order valence-corrected chi connectivity index (χ1v) is 10.8. The first kappa shape index (κ1) is 20.7. The molecule has 0 radical (unpaired) electrons. The molecule has 3 heterocycles. The third kappa shape index (κ3) is 3.44. The molecule has 0 amide bonds. The van der Waals surface area contributed by atoms with E-state index in [1.165, 1.54) is 11.4 Å². The van der Waals surface area contributed by atoms with Crippen molar-refractivity contribution < 1.29 is 5.11 Å². The maximum atomic E-state index is 10.6. The number of anilines is 1. The smallest absolute Gasteiger partial charge is 0.174 e. The van der Waals surface area contributed by atoms with Crippen LogP contribution in [0.5, 0.6) is 5.75 Å². The van der Waals surface area contributed by atoms with Gasteiger partial charge < -0.3 is 19.9 Å². The van der Waals surface area contributed by atoms with E-state index in [4.69, 9.17) is 23.8 Å². The van der Waals surface area contributed by atoms with E-state index < -0.39 is 0 Å². The highest BCUT2D eigenvalue weighted by molar-refractivity contribution is 7.80. The first-order valence-electron chi connectivity index (χ1n) is 9.97. The molecule has 0 saturated carbocycles. The number of thiocarbonyl (C=S) groups is 1. The van der Waals surface area contributed by atoms with Crippen molar-refractivity contribution in [3.63, 3.8) is 0 Å². The lowest BCUT2D eigenvalue weighted by Crippen LogP contribution is -2.29. The van der Waals surface area contributed by atoms with Crippen molar-refractivity contribution in [1.29, 1.82) is 0 Å². The summed E-state index contributed by atoms with van der Waals surface area (Å²) >= 11 is 12.0. The number of hydrogen-bond acceptors (Lipinski definition) is 3. The molecule has 0 spiro atoms. The molecule has 0 aliphatic carbocycles. The summed E-state index contributed by atoms with van der Waals surface area (Å²) < 4.78 is 2.32. The number of pyridine rings is 1. The van der Waals surface area contributed by atoms with E-state index in [1.807, 2.05) is 23.1 Å². The van der Waals surface area contributed by atoms with Gasteiger partial charge in [-0.2, -0.15) is 0 Å². The summed E-state index contributed by atoms with van der Waals surface area (Å²) in [7, 11) is 0. The fourth-order valence-corrected chi connectivity index (χ4v) is 5.02. The second-order valence-electron chi connectivity index (χ2n) is 7.92. The molecule has 1 aliphatic heterocycles. The van der Waals surface area contributed by atoms with Gasteiger partial charge in [0.05, 0.1) is 23.5 Å². The number of aromatic hydroxyl groups is 1. The Morgan fingerprint density at radius 1 is 1.17 bits per heavy atom. The van der Waals surface area contributed by atoms with E-state index in [0.717, 1.165) is 11.3 Å². The average Bonchev–Trinajstić information content (AvgIpc) is 3.20. The highest BCUT2D eigenvalue weighted by Gasteiger charge is 2.43. The van der Waals surface area contributed by atoms with Crippen LogP contribution in [0.25, 0.3) is 0 Å². The lowest BCUT2D eigenvalue weighted by Gasteiger charge is -2.29. The van der Waals surface area contributed by atoms with Crippen LogP contribution in [0.3, 0.4) is 0 Å². The predicted octanol–water partition coefficient (Wildman–Crippen LogP) is 5.62. The monoisotopic (exact) mass is 440 g/mol. The van der Waals surface area contributed by atoms with E-state index in [2.05, 4.69) is 48.6 Å². The fraction of sp³-hybridized carbons (Fsp3) is 0.304. The van der Waals surface area contributed by atoms with E-state index in [-0.39, 0.29) is 17.8 Å². The standard InChI is InChI=1S/C23H25ClN4OS/c1-13(2)27-14(3)11-17(15(27)4)22-21(18-7-5-6-10-25-18)26-23(30)28(22)19-12-16(24)8-9-20(19)29/h5-13,21-22,29H,1-4H3,(H,26,30). The Labute approximate surface area is 187 Å². The number of rotatable bonds is 4. The maximum absolute atomic E-state index is 10.6. The van der Waals surface area contributed by atoms with Gasteiger partial charge in [0.25, 0.3) is 0 Å². The maximum Gasteiger partial charge on any atom is 0.174 e. The van der Waals surface area contributed by atoms with Crippen LogP contribution < -0.4 is 10.2 Å². The van der Waals surface area contributed by atoms with Crippen LogP contribution in [-0.2, 0) is 0 Å². The number of phenolic OH excluding ortho intramolecular Hbond substituents is 1. The van der Waals surface area contributed by atoms with Gasteiger partial charge in [-0.3, -0.25) is 4.98 Å². The number of hydrogen-bond donors (Lipinski definition) is 2.